The minimum atomic E-state index is 0.645. The molecule has 0 spiro atoms. The fourth-order valence-electron chi connectivity index (χ4n) is 3.80. The molecule has 0 aromatic rings. The van der Waals surface area contributed by atoms with E-state index in [4.69, 9.17) is 0 Å². The Morgan fingerprint density at radius 3 is 2.15 bits per heavy atom. The van der Waals surface area contributed by atoms with Crippen molar-refractivity contribution < 1.29 is 0 Å². The Labute approximate surface area is 82.5 Å². The first-order valence-electron chi connectivity index (χ1n) is 5.61. The van der Waals surface area contributed by atoms with Crippen LogP contribution in [0.5, 0.6) is 0 Å². The Balaban J connectivity index is 2.12. The Morgan fingerprint density at radius 1 is 1.15 bits per heavy atom. The normalized spacial score (nSPS) is 47.5. The second kappa shape index (κ2) is 2.73. The summed E-state index contributed by atoms with van der Waals surface area (Å²) < 4.78 is 0. The molecular weight excluding hydrogens is 158 g/mol. The van der Waals surface area contributed by atoms with Gasteiger partial charge in [-0.3, -0.25) is 0 Å². The lowest BCUT2D eigenvalue weighted by Crippen LogP contribution is -2.59. The average Bonchev–Trinajstić information content (AvgIpc) is 2.02. The highest BCUT2D eigenvalue weighted by Gasteiger charge is 2.56. The molecule has 0 heterocycles. The van der Waals surface area contributed by atoms with E-state index in [-0.39, 0.29) is 0 Å². The molecule has 13 heavy (non-hydrogen) atoms. The van der Waals surface area contributed by atoms with Crippen LogP contribution >= 0.6 is 0 Å². The fraction of sp³-hybridized carbons (Fsp3) is 1.00. The van der Waals surface area contributed by atoms with Crippen molar-refractivity contribution in [3.05, 3.63) is 0 Å². The zero-order chi connectivity index (χ0) is 9.80. The van der Waals surface area contributed by atoms with E-state index in [0.29, 0.717) is 5.41 Å². The first-order valence-corrected chi connectivity index (χ1v) is 5.61. The summed E-state index contributed by atoms with van der Waals surface area (Å²) in [7, 11) is 4.47. The van der Waals surface area contributed by atoms with E-state index in [1.807, 2.05) is 0 Å². The van der Waals surface area contributed by atoms with Gasteiger partial charge in [-0.25, -0.2) is 0 Å². The summed E-state index contributed by atoms with van der Waals surface area (Å²) in [5, 5.41) is 0. The number of nitrogens with zero attached hydrogens (tertiary/aromatic N) is 1. The van der Waals surface area contributed by atoms with E-state index in [1.165, 1.54) is 12.8 Å². The molecule has 1 heteroatoms. The van der Waals surface area contributed by atoms with Gasteiger partial charge < -0.3 is 4.90 Å². The van der Waals surface area contributed by atoms with Crippen LogP contribution in [0, 0.1) is 23.2 Å². The fourth-order valence-corrected chi connectivity index (χ4v) is 3.80. The van der Waals surface area contributed by atoms with Crippen molar-refractivity contribution in [3.8, 4) is 0 Å². The van der Waals surface area contributed by atoms with Crippen LogP contribution in [0.4, 0.5) is 0 Å². The third-order valence-corrected chi connectivity index (χ3v) is 4.98. The maximum absolute atomic E-state index is 2.47. The van der Waals surface area contributed by atoms with Crippen LogP contribution in [0.25, 0.3) is 0 Å². The molecule has 0 saturated heterocycles. The summed E-state index contributed by atoms with van der Waals surface area (Å²) >= 11 is 0. The van der Waals surface area contributed by atoms with Crippen LogP contribution < -0.4 is 0 Å². The number of hydrogen-bond donors (Lipinski definition) is 0. The van der Waals surface area contributed by atoms with Crippen molar-refractivity contribution in [2.45, 2.75) is 39.7 Å². The summed E-state index contributed by atoms with van der Waals surface area (Å²) in [4.78, 5) is 2.43. The standard InChI is InChI=1S/C12H23N/c1-8-10-6-9(12(10,2)3)7-11(8)13(4)5/h8-11H,6-7H2,1-5H3/t8?,9-,10?,11?/m1/s1. The topological polar surface area (TPSA) is 3.24 Å². The largest absolute Gasteiger partial charge is 0.306 e. The van der Waals surface area contributed by atoms with Gasteiger partial charge in [-0.15, -0.1) is 0 Å². The minimum absolute atomic E-state index is 0.645. The maximum Gasteiger partial charge on any atom is 0.0120 e. The van der Waals surface area contributed by atoms with Crippen LogP contribution in [-0.4, -0.2) is 25.0 Å². The van der Waals surface area contributed by atoms with Gasteiger partial charge in [0, 0.05) is 6.04 Å². The van der Waals surface area contributed by atoms with Crippen LogP contribution in [0.2, 0.25) is 0 Å². The molecule has 0 aliphatic heterocycles. The predicted molar refractivity (Wildman–Crippen MR) is 56.6 cm³/mol. The minimum Gasteiger partial charge on any atom is -0.306 e. The van der Waals surface area contributed by atoms with Crippen molar-refractivity contribution in [2.24, 2.45) is 23.2 Å². The summed E-state index contributed by atoms with van der Waals surface area (Å²) in [6.45, 7) is 7.38. The molecule has 0 radical (unpaired) electrons. The van der Waals surface area contributed by atoms with E-state index < -0.39 is 0 Å². The molecule has 0 N–H and O–H groups in total. The van der Waals surface area contributed by atoms with Gasteiger partial charge in [0.2, 0.25) is 0 Å². The van der Waals surface area contributed by atoms with Crippen LogP contribution in [0.3, 0.4) is 0 Å². The van der Waals surface area contributed by atoms with E-state index >= 15 is 0 Å². The lowest BCUT2D eigenvalue weighted by atomic mass is 9.44. The van der Waals surface area contributed by atoms with Gasteiger partial charge in [0.1, 0.15) is 0 Å². The number of rotatable bonds is 1. The number of fused-ring (bicyclic) bond motifs is 2. The van der Waals surface area contributed by atoms with Crippen molar-refractivity contribution in [1.29, 1.82) is 0 Å². The van der Waals surface area contributed by atoms with E-state index in [0.717, 1.165) is 23.8 Å². The highest BCUT2D eigenvalue weighted by molar-refractivity contribution is 5.06. The van der Waals surface area contributed by atoms with Gasteiger partial charge in [-0.1, -0.05) is 20.8 Å². The van der Waals surface area contributed by atoms with Crippen molar-refractivity contribution >= 4 is 0 Å². The Morgan fingerprint density at radius 2 is 1.77 bits per heavy atom. The van der Waals surface area contributed by atoms with Gasteiger partial charge >= 0.3 is 0 Å². The van der Waals surface area contributed by atoms with Gasteiger partial charge in [0.25, 0.3) is 0 Å². The maximum atomic E-state index is 2.47. The predicted octanol–water partition coefficient (Wildman–Crippen LogP) is 2.62. The molecule has 3 unspecified atom stereocenters. The quantitative estimate of drug-likeness (QED) is 0.601. The summed E-state index contributed by atoms with van der Waals surface area (Å²) in [6.07, 6.45) is 2.93. The molecule has 3 saturated carbocycles. The zero-order valence-corrected chi connectivity index (χ0v) is 9.67. The van der Waals surface area contributed by atoms with Crippen LogP contribution in [0.1, 0.15) is 33.6 Å². The van der Waals surface area contributed by atoms with Crippen LogP contribution in [-0.2, 0) is 0 Å². The van der Waals surface area contributed by atoms with E-state index in [1.54, 1.807) is 0 Å². The molecule has 3 rings (SSSR count). The smallest absolute Gasteiger partial charge is 0.0120 e. The van der Waals surface area contributed by atoms with Gasteiger partial charge in [0.05, 0.1) is 0 Å². The Bertz CT molecular complexity index is 205. The van der Waals surface area contributed by atoms with Crippen molar-refractivity contribution in [2.75, 3.05) is 14.1 Å². The average molecular weight is 181 g/mol. The Hall–Kier alpha value is -0.0400. The second-order valence-electron chi connectivity index (χ2n) is 5.99. The summed E-state index contributed by atoms with van der Waals surface area (Å²) in [5.41, 5.74) is 0.645. The van der Waals surface area contributed by atoms with Gasteiger partial charge in [-0.2, -0.15) is 0 Å². The molecule has 3 aliphatic rings. The highest BCUT2D eigenvalue weighted by atomic mass is 15.1. The molecule has 1 nitrogen and oxygen atoms in total. The molecule has 2 bridgehead atoms. The Kier molecular flexibility index (Phi) is 1.99. The SMILES string of the molecule is CC1C(N(C)C)C[C@H]2CC1C2(C)C. The highest BCUT2D eigenvalue weighted by Crippen LogP contribution is 2.61. The summed E-state index contributed by atoms with van der Waals surface area (Å²) in [6, 6.07) is 0.844. The van der Waals surface area contributed by atoms with Crippen molar-refractivity contribution in [3.63, 3.8) is 0 Å². The van der Waals surface area contributed by atoms with E-state index in [2.05, 4.69) is 39.8 Å². The third kappa shape index (κ3) is 1.16. The van der Waals surface area contributed by atoms with Gasteiger partial charge in [0.15, 0.2) is 0 Å². The first-order chi connectivity index (χ1) is 5.94. The molecule has 3 fully saturated rings. The molecule has 0 aromatic carbocycles. The third-order valence-electron chi connectivity index (χ3n) is 4.98. The van der Waals surface area contributed by atoms with Crippen LogP contribution in [0.15, 0.2) is 0 Å². The first kappa shape index (κ1) is 9.51. The monoisotopic (exact) mass is 181 g/mol. The number of hydrogen-bond acceptors (Lipinski definition) is 1. The molecule has 4 atom stereocenters. The second-order valence-corrected chi connectivity index (χ2v) is 5.99. The molecule has 3 aliphatic carbocycles. The summed E-state index contributed by atoms with van der Waals surface area (Å²) in [5.74, 6) is 2.88. The lowest BCUT2D eigenvalue weighted by Gasteiger charge is -2.63. The van der Waals surface area contributed by atoms with Crippen molar-refractivity contribution in [1.82, 2.24) is 4.90 Å². The lowest BCUT2D eigenvalue weighted by molar-refractivity contribution is -0.132. The molecule has 0 aromatic heterocycles. The molecule has 0 amide bonds. The molecular formula is C12H23N. The zero-order valence-electron chi connectivity index (χ0n) is 9.67. The molecule has 76 valence electrons. The van der Waals surface area contributed by atoms with E-state index in [9.17, 15) is 0 Å². The van der Waals surface area contributed by atoms with Gasteiger partial charge in [-0.05, 0) is 50.1 Å².